The molecule has 3 heteroatoms. The number of aliphatic hydroxyl groups is 1. The van der Waals surface area contributed by atoms with Gasteiger partial charge in [0.25, 0.3) is 0 Å². The molecule has 1 heterocycles. The molecule has 1 aromatic heterocycles. The van der Waals surface area contributed by atoms with Crippen LogP contribution in [-0.4, -0.2) is 17.7 Å². The Kier molecular flexibility index (Phi) is 2.66. The Morgan fingerprint density at radius 3 is 3.00 bits per heavy atom. The predicted octanol–water partition coefficient (Wildman–Crippen LogP) is 1.46. The third-order valence-electron chi connectivity index (χ3n) is 2.58. The Hall–Kier alpha value is -0.800. The van der Waals surface area contributed by atoms with Crippen molar-refractivity contribution in [2.75, 3.05) is 6.54 Å². The topological polar surface area (TPSA) is 45.4 Å². The summed E-state index contributed by atoms with van der Waals surface area (Å²) in [6.45, 7) is 0.595. The summed E-state index contributed by atoms with van der Waals surface area (Å²) in [6, 6.07) is 4.21. The van der Waals surface area contributed by atoms with E-state index in [1.54, 1.807) is 18.4 Å². The monoisotopic (exact) mass is 181 g/mol. The standard InChI is InChI=1S/C10H15NO2/c12-9(10-5-2-6-13-10)7-11-8-3-1-4-8/h2,5-6,8-9,11-12H,1,3-4,7H2. The van der Waals surface area contributed by atoms with Crippen LogP contribution in [0.3, 0.4) is 0 Å². The van der Waals surface area contributed by atoms with Crippen LogP contribution >= 0.6 is 0 Å². The van der Waals surface area contributed by atoms with Crippen molar-refractivity contribution in [1.29, 1.82) is 0 Å². The predicted molar refractivity (Wildman–Crippen MR) is 49.3 cm³/mol. The third-order valence-corrected chi connectivity index (χ3v) is 2.58. The average Bonchev–Trinajstić information content (AvgIpc) is 2.52. The lowest BCUT2D eigenvalue weighted by atomic mass is 9.93. The zero-order chi connectivity index (χ0) is 9.10. The summed E-state index contributed by atoms with van der Waals surface area (Å²) in [4.78, 5) is 0. The minimum atomic E-state index is -0.504. The molecule has 1 saturated carbocycles. The number of hydrogen-bond donors (Lipinski definition) is 2. The minimum absolute atomic E-state index is 0.504. The fourth-order valence-electron chi connectivity index (χ4n) is 1.47. The summed E-state index contributed by atoms with van der Waals surface area (Å²) < 4.78 is 5.09. The van der Waals surface area contributed by atoms with Gasteiger partial charge in [-0.15, -0.1) is 0 Å². The van der Waals surface area contributed by atoms with Gasteiger partial charge in [0, 0.05) is 12.6 Å². The molecule has 1 aliphatic rings. The molecule has 0 aromatic carbocycles. The number of furan rings is 1. The van der Waals surface area contributed by atoms with Crippen molar-refractivity contribution in [1.82, 2.24) is 5.32 Å². The number of nitrogens with one attached hydrogen (secondary N) is 1. The molecule has 1 aromatic rings. The lowest BCUT2D eigenvalue weighted by Gasteiger charge is -2.27. The van der Waals surface area contributed by atoms with Crippen LogP contribution in [0.15, 0.2) is 22.8 Å². The van der Waals surface area contributed by atoms with E-state index in [-0.39, 0.29) is 0 Å². The van der Waals surface area contributed by atoms with Crippen LogP contribution < -0.4 is 5.32 Å². The van der Waals surface area contributed by atoms with Gasteiger partial charge in [-0.05, 0) is 25.0 Å². The zero-order valence-electron chi connectivity index (χ0n) is 7.57. The number of hydrogen-bond acceptors (Lipinski definition) is 3. The highest BCUT2D eigenvalue weighted by atomic mass is 16.4. The molecule has 13 heavy (non-hydrogen) atoms. The Morgan fingerprint density at radius 2 is 2.46 bits per heavy atom. The van der Waals surface area contributed by atoms with E-state index in [2.05, 4.69) is 5.32 Å². The summed E-state index contributed by atoms with van der Waals surface area (Å²) >= 11 is 0. The molecule has 2 N–H and O–H groups in total. The van der Waals surface area contributed by atoms with Gasteiger partial charge in [0.15, 0.2) is 0 Å². The molecule has 2 rings (SSSR count). The Labute approximate surface area is 77.8 Å². The normalized spacial score (nSPS) is 19.8. The maximum atomic E-state index is 9.62. The SMILES string of the molecule is OC(CNC1CCC1)c1ccco1. The first kappa shape index (κ1) is 8.78. The van der Waals surface area contributed by atoms with E-state index in [9.17, 15) is 5.11 Å². The van der Waals surface area contributed by atoms with Crippen molar-refractivity contribution in [3.63, 3.8) is 0 Å². The fourth-order valence-corrected chi connectivity index (χ4v) is 1.47. The molecular weight excluding hydrogens is 166 g/mol. The molecule has 0 radical (unpaired) electrons. The van der Waals surface area contributed by atoms with E-state index in [4.69, 9.17) is 4.42 Å². The molecule has 3 nitrogen and oxygen atoms in total. The van der Waals surface area contributed by atoms with Crippen LogP contribution in [0.25, 0.3) is 0 Å². The van der Waals surface area contributed by atoms with Gasteiger partial charge in [-0.3, -0.25) is 0 Å². The van der Waals surface area contributed by atoms with Crippen LogP contribution in [0, 0.1) is 0 Å². The smallest absolute Gasteiger partial charge is 0.133 e. The van der Waals surface area contributed by atoms with E-state index in [0.717, 1.165) is 0 Å². The zero-order valence-corrected chi connectivity index (χ0v) is 7.57. The molecule has 1 atom stereocenters. The highest BCUT2D eigenvalue weighted by Gasteiger charge is 2.18. The van der Waals surface area contributed by atoms with E-state index in [1.165, 1.54) is 19.3 Å². The second-order valence-corrected chi connectivity index (χ2v) is 3.57. The van der Waals surface area contributed by atoms with Gasteiger partial charge in [0.2, 0.25) is 0 Å². The molecular formula is C10H15NO2. The maximum Gasteiger partial charge on any atom is 0.133 e. The highest BCUT2D eigenvalue weighted by Crippen LogP contribution is 2.19. The molecule has 0 aliphatic heterocycles. The largest absolute Gasteiger partial charge is 0.467 e. The summed E-state index contributed by atoms with van der Waals surface area (Å²) in [6.07, 6.45) is 4.88. The van der Waals surface area contributed by atoms with Crippen LogP contribution in [0.2, 0.25) is 0 Å². The molecule has 0 spiro atoms. The summed E-state index contributed by atoms with van der Waals surface area (Å²) in [5.74, 6) is 0.645. The molecule has 1 fully saturated rings. The molecule has 1 aliphatic carbocycles. The van der Waals surface area contributed by atoms with Gasteiger partial charge in [-0.1, -0.05) is 6.42 Å². The van der Waals surface area contributed by atoms with E-state index in [0.29, 0.717) is 18.3 Å². The van der Waals surface area contributed by atoms with Gasteiger partial charge < -0.3 is 14.8 Å². The average molecular weight is 181 g/mol. The first-order valence-corrected chi connectivity index (χ1v) is 4.81. The summed E-state index contributed by atoms with van der Waals surface area (Å²) in [5, 5.41) is 12.9. The van der Waals surface area contributed by atoms with Crippen molar-refractivity contribution in [2.45, 2.75) is 31.4 Å². The van der Waals surface area contributed by atoms with Gasteiger partial charge in [0.05, 0.1) is 6.26 Å². The van der Waals surface area contributed by atoms with Gasteiger partial charge in [-0.2, -0.15) is 0 Å². The number of rotatable bonds is 4. The highest BCUT2D eigenvalue weighted by molar-refractivity contribution is 5.02. The van der Waals surface area contributed by atoms with Gasteiger partial charge in [0.1, 0.15) is 11.9 Å². The van der Waals surface area contributed by atoms with E-state index < -0.39 is 6.10 Å². The van der Waals surface area contributed by atoms with Gasteiger partial charge in [-0.25, -0.2) is 0 Å². The van der Waals surface area contributed by atoms with Crippen molar-refractivity contribution in [2.24, 2.45) is 0 Å². The van der Waals surface area contributed by atoms with E-state index in [1.807, 2.05) is 0 Å². The second-order valence-electron chi connectivity index (χ2n) is 3.57. The first-order chi connectivity index (χ1) is 6.36. The lowest BCUT2D eigenvalue weighted by Crippen LogP contribution is -2.37. The fraction of sp³-hybridized carbons (Fsp3) is 0.600. The van der Waals surface area contributed by atoms with Crippen LogP contribution in [0.4, 0.5) is 0 Å². The Morgan fingerprint density at radius 1 is 1.62 bits per heavy atom. The molecule has 1 unspecified atom stereocenters. The van der Waals surface area contributed by atoms with Gasteiger partial charge >= 0.3 is 0 Å². The van der Waals surface area contributed by atoms with Crippen LogP contribution in [-0.2, 0) is 0 Å². The molecule has 0 amide bonds. The summed E-state index contributed by atoms with van der Waals surface area (Å²) in [5.41, 5.74) is 0. The van der Waals surface area contributed by atoms with Crippen molar-refractivity contribution in [3.8, 4) is 0 Å². The van der Waals surface area contributed by atoms with Crippen LogP contribution in [0.5, 0.6) is 0 Å². The quantitative estimate of drug-likeness (QED) is 0.739. The van der Waals surface area contributed by atoms with Crippen molar-refractivity contribution in [3.05, 3.63) is 24.2 Å². The Balaban J connectivity index is 1.74. The van der Waals surface area contributed by atoms with Crippen molar-refractivity contribution < 1.29 is 9.52 Å². The first-order valence-electron chi connectivity index (χ1n) is 4.81. The third kappa shape index (κ3) is 2.11. The molecule has 0 bridgehead atoms. The minimum Gasteiger partial charge on any atom is -0.467 e. The number of aliphatic hydroxyl groups excluding tert-OH is 1. The molecule has 0 saturated heterocycles. The lowest BCUT2D eigenvalue weighted by molar-refractivity contribution is 0.137. The Bertz CT molecular complexity index is 241. The molecule has 72 valence electrons. The van der Waals surface area contributed by atoms with E-state index >= 15 is 0 Å². The van der Waals surface area contributed by atoms with Crippen molar-refractivity contribution >= 4 is 0 Å². The van der Waals surface area contributed by atoms with Crippen LogP contribution in [0.1, 0.15) is 31.1 Å². The maximum absolute atomic E-state index is 9.62. The second kappa shape index (κ2) is 3.94. The summed E-state index contributed by atoms with van der Waals surface area (Å²) in [7, 11) is 0.